The largest absolute Gasteiger partial charge is 0.343 e. The van der Waals surface area contributed by atoms with Gasteiger partial charge in [-0.2, -0.15) is 4.98 Å². The lowest BCUT2D eigenvalue weighted by atomic mass is 9.76. The summed E-state index contributed by atoms with van der Waals surface area (Å²) in [7, 11) is 2.15. The fourth-order valence-electron chi connectivity index (χ4n) is 5.35. The molecule has 1 amide bonds. The number of amides is 1. The number of hydrogen-bond acceptors (Lipinski definition) is 5. The maximum atomic E-state index is 12.7. The zero-order valence-electron chi connectivity index (χ0n) is 16.2. The van der Waals surface area contributed by atoms with Crippen molar-refractivity contribution < 1.29 is 9.32 Å². The molecule has 0 radical (unpaired) electrons. The van der Waals surface area contributed by atoms with Crippen molar-refractivity contribution in [2.75, 3.05) is 26.7 Å². The van der Waals surface area contributed by atoms with Gasteiger partial charge in [-0.25, -0.2) is 0 Å². The zero-order valence-corrected chi connectivity index (χ0v) is 16.2. The van der Waals surface area contributed by atoms with Crippen LogP contribution in [0, 0.1) is 18.3 Å². The van der Waals surface area contributed by atoms with Gasteiger partial charge in [-0.3, -0.25) is 9.69 Å². The predicted molar refractivity (Wildman–Crippen MR) is 98.5 cm³/mol. The van der Waals surface area contributed by atoms with Crippen LogP contribution in [0.15, 0.2) is 4.52 Å². The van der Waals surface area contributed by atoms with Crippen molar-refractivity contribution in [2.24, 2.45) is 11.3 Å². The summed E-state index contributed by atoms with van der Waals surface area (Å²) in [5.41, 5.74) is 0.295. The first-order chi connectivity index (χ1) is 12.5. The standard InChI is InChI=1S/C20H32N4O2/c1-15-21-19(26-22-15)17-13-20(14-23(17)2)8-10-24(11-9-20)18(25)12-16-6-4-3-5-7-16/h16-17H,3-14H2,1-2H3. The van der Waals surface area contributed by atoms with E-state index in [1.807, 2.05) is 6.92 Å². The van der Waals surface area contributed by atoms with Gasteiger partial charge in [0.05, 0.1) is 6.04 Å². The Labute approximate surface area is 156 Å². The Balaban J connectivity index is 1.32. The summed E-state index contributed by atoms with van der Waals surface area (Å²) in [5.74, 6) is 2.48. The van der Waals surface area contributed by atoms with Crippen molar-refractivity contribution >= 4 is 5.91 Å². The number of rotatable bonds is 3. The highest BCUT2D eigenvalue weighted by Crippen LogP contribution is 2.48. The van der Waals surface area contributed by atoms with Crippen LogP contribution in [0.5, 0.6) is 0 Å². The summed E-state index contributed by atoms with van der Waals surface area (Å²) in [6.45, 7) is 4.75. The van der Waals surface area contributed by atoms with Crippen LogP contribution in [-0.2, 0) is 4.79 Å². The van der Waals surface area contributed by atoms with Gasteiger partial charge >= 0.3 is 0 Å². The normalized spacial score (nSPS) is 27.3. The molecule has 1 aromatic rings. The van der Waals surface area contributed by atoms with Crippen molar-refractivity contribution in [2.45, 2.75) is 70.8 Å². The summed E-state index contributed by atoms with van der Waals surface area (Å²) in [6.07, 6.45) is 10.5. The molecular formula is C20H32N4O2. The lowest BCUT2D eigenvalue weighted by Crippen LogP contribution is -2.44. The molecule has 3 fully saturated rings. The Morgan fingerprint density at radius 3 is 2.62 bits per heavy atom. The molecule has 0 bridgehead atoms. The van der Waals surface area contributed by atoms with Crippen molar-refractivity contribution in [1.82, 2.24) is 19.9 Å². The number of carbonyl (C=O) groups excluding carboxylic acids is 1. The number of hydrogen-bond donors (Lipinski definition) is 0. The molecule has 144 valence electrons. The Morgan fingerprint density at radius 1 is 1.23 bits per heavy atom. The fraction of sp³-hybridized carbons (Fsp3) is 0.850. The van der Waals surface area contributed by atoms with E-state index in [4.69, 9.17) is 4.52 Å². The predicted octanol–water partition coefficient (Wildman–Crippen LogP) is 3.33. The monoisotopic (exact) mass is 360 g/mol. The molecule has 1 unspecified atom stereocenters. The summed E-state index contributed by atoms with van der Waals surface area (Å²) < 4.78 is 5.43. The molecule has 1 spiro atoms. The third-order valence-corrected chi connectivity index (χ3v) is 6.94. The summed E-state index contributed by atoms with van der Waals surface area (Å²) in [5, 5.41) is 3.95. The van der Waals surface area contributed by atoms with Gasteiger partial charge in [-0.1, -0.05) is 24.4 Å². The Kier molecular flexibility index (Phi) is 5.04. The molecule has 2 saturated heterocycles. The van der Waals surface area contributed by atoms with Crippen LogP contribution in [0.3, 0.4) is 0 Å². The van der Waals surface area contributed by atoms with Crippen LogP contribution < -0.4 is 0 Å². The molecule has 6 nitrogen and oxygen atoms in total. The van der Waals surface area contributed by atoms with Gasteiger partial charge < -0.3 is 9.42 Å². The molecule has 0 N–H and O–H groups in total. The van der Waals surface area contributed by atoms with Gasteiger partial charge in [0.15, 0.2) is 5.82 Å². The van der Waals surface area contributed by atoms with Crippen LogP contribution in [0.4, 0.5) is 0 Å². The number of likely N-dealkylation sites (tertiary alicyclic amines) is 2. The lowest BCUT2D eigenvalue weighted by Gasteiger charge is -2.39. The highest BCUT2D eigenvalue weighted by molar-refractivity contribution is 5.76. The third kappa shape index (κ3) is 3.66. The van der Waals surface area contributed by atoms with Crippen LogP contribution in [0.1, 0.15) is 75.5 Å². The van der Waals surface area contributed by atoms with Crippen molar-refractivity contribution in [3.63, 3.8) is 0 Å². The average Bonchev–Trinajstić information content (AvgIpc) is 3.20. The third-order valence-electron chi connectivity index (χ3n) is 6.94. The number of nitrogens with zero attached hydrogens (tertiary/aromatic N) is 4. The van der Waals surface area contributed by atoms with Crippen molar-refractivity contribution in [3.05, 3.63) is 11.7 Å². The molecule has 4 rings (SSSR count). The fourth-order valence-corrected chi connectivity index (χ4v) is 5.35. The van der Waals surface area contributed by atoms with E-state index in [0.717, 1.165) is 51.2 Å². The highest BCUT2D eigenvalue weighted by Gasteiger charge is 2.46. The van der Waals surface area contributed by atoms with Gasteiger partial charge in [0.2, 0.25) is 11.8 Å². The maximum Gasteiger partial charge on any atom is 0.243 e. The van der Waals surface area contributed by atoms with E-state index in [0.29, 0.717) is 23.1 Å². The first kappa shape index (κ1) is 18.0. The van der Waals surface area contributed by atoms with Gasteiger partial charge in [0.25, 0.3) is 0 Å². The quantitative estimate of drug-likeness (QED) is 0.827. The van der Waals surface area contributed by atoms with Crippen LogP contribution in [0.2, 0.25) is 0 Å². The van der Waals surface area contributed by atoms with Gasteiger partial charge in [0, 0.05) is 26.1 Å². The van der Waals surface area contributed by atoms with E-state index in [1.165, 1.54) is 32.1 Å². The van der Waals surface area contributed by atoms with E-state index < -0.39 is 0 Å². The van der Waals surface area contributed by atoms with E-state index in [1.54, 1.807) is 0 Å². The molecule has 26 heavy (non-hydrogen) atoms. The van der Waals surface area contributed by atoms with Gasteiger partial charge in [0.1, 0.15) is 0 Å². The number of aromatic nitrogens is 2. The minimum atomic E-state index is 0.223. The smallest absolute Gasteiger partial charge is 0.243 e. The van der Waals surface area contributed by atoms with Crippen LogP contribution in [0.25, 0.3) is 0 Å². The molecule has 6 heteroatoms. The van der Waals surface area contributed by atoms with Crippen LogP contribution >= 0.6 is 0 Å². The van der Waals surface area contributed by atoms with Crippen molar-refractivity contribution in [3.8, 4) is 0 Å². The molecule has 3 heterocycles. The minimum absolute atomic E-state index is 0.223. The number of carbonyl (C=O) groups is 1. The second kappa shape index (κ2) is 7.29. The van der Waals surface area contributed by atoms with Crippen molar-refractivity contribution in [1.29, 1.82) is 0 Å². The maximum absolute atomic E-state index is 12.7. The Hall–Kier alpha value is -1.43. The highest BCUT2D eigenvalue weighted by atomic mass is 16.5. The molecule has 2 aliphatic heterocycles. The molecular weight excluding hydrogens is 328 g/mol. The molecule has 1 saturated carbocycles. The second-order valence-electron chi connectivity index (χ2n) is 8.90. The van der Waals surface area contributed by atoms with E-state index >= 15 is 0 Å². The first-order valence-electron chi connectivity index (χ1n) is 10.3. The Morgan fingerprint density at radius 2 is 1.96 bits per heavy atom. The van der Waals surface area contributed by atoms with E-state index in [2.05, 4.69) is 27.0 Å². The molecule has 1 aliphatic carbocycles. The average molecular weight is 361 g/mol. The molecule has 1 atom stereocenters. The summed E-state index contributed by atoms with van der Waals surface area (Å²) >= 11 is 0. The van der Waals surface area contributed by atoms with Gasteiger partial charge in [-0.05, 0) is 57.4 Å². The lowest BCUT2D eigenvalue weighted by molar-refractivity contribution is -0.134. The summed E-state index contributed by atoms with van der Waals surface area (Å²) in [6, 6.07) is 0.223. The van der Waals surface area contributed by atoms with Crippen LogP contribution in [-0.4, -0.2) is 52.5 Å². The Bertz CT molecular complexity index is 630. The van der Waals surface area contributed by atoms with Gasteiger partial charge in [-0.15, -0.1) is 0 Å². The molecule has 3 aliphatic rings. The first-order valence-corrected chi connectivity index (χ1v) is 10.3. The summed E-state index contributed by atoms with van der Waals surface area (Å²) in [4.78, 5) is 21.6. The number of aryl methyl sites for hydroxylation is 1. The minimum Gasteiger partial charge on any atom is -0.343 e. The topological polar surface area (TPSA) is 62.5 Å². The zero-order chi connectivity index (χ0) is 18.1. The SMILES string of the molecule is Cc1noc(C2CC3(CCN(C(=O)CC4CCCCC4)CC3)CN2C)n1. The van der Waals surface area contributed by atoms with E-state index in [9.17, 15) is 4.79 Å². The number of piperidine rings is 1. The molecule has 0 aromatic carbocycles. The second-order valence-corrected chi connectivity index (χ2v) is 8.90. The van der Waals surface area contributed by atoms with E-state index in [-0.39, 0.29) is 6.04 Å². The molecule has 1 aromatic heterocycles.